The SMILES string of the molecule is O=C(NCCCO)c1cccnc1Oc1ccc(Cl)cc1Cl. The second-order valence-corrected chi connectivity index (χ2v) is 5.21. The van der Waals surface area contributed by atoms with Gasteiger partial charge >= 0.3 is 0 Å². The predicted octanol–water partition coefficient (Wildman–Crippen LogP) is 3.29. The molecule has 0 fully saturated rings. The molecule has 0 atom stereocenters. The van der Waals surface area contributed by atoms with E-state index < -0.39 is 0 Å². The number of aliphatic hydroxyl groups is 1. The number of aliphatic hydroxyl groups excluding tert-OH is 1. The van der Waals surface area contributed by atoms with E-state index in [2.05, 4.69) is 10.3 Å². The van der Waals surface area contributed by atoms with Crippen molar-refractivity contribution < 1.29 is 14.6 Å². The molecular weight excluding hydrogens is 327 g/mol. The van der Waals surface area contributed by atoms with Gasteiger partial charge in [0.2, 0.25) is 5.88 Å². The average Bonchev–Trinajstić information content (AvgIpc) is 2.51. The van der Waals surface area contributed by atoms with E-state index in [1.165, 1.54) is 6.20 Å². The summed E-state index contributed by atoms with van der Waals surface area (Å²) in [6.07, 6.45) is 1.99. The molecule has 1 aromatic heterocycles. The van der Waals surface area contributed by atoms with Gasteiger partial charge in [-0.2, -0.15) is 0 Å². The van der Waals surface area contributed by atoms with Crippen LogP contribution in [0, 0.1) is 0 Å². The van der Waals surface area contributed by atoms with Gasteiger partial charge in [-0.1, -0.05) is 23.2 Å². The average molecular weight is 341 g/mol. The van der Waals surface area contributed by atoms with Gasteiger partial charge in [-0.3, -0.25) is 4.79 Å². The maximum atomic E-state index is 12.1. The third-order valence-electron chi connectivity index (χ3n) is 2.74. The van der Waals surface area contributed by atoms with Gasteiger partial charge in [-0.15, -0.1) is 0 Å². The smallest absolute Gasteiger partial charge is 0.256 e. The van der Waals surface area contributed by atoms with E-state index in [9.17, 15) is 4.79 Å². The first-order valence-corrected chi connectivity index (χ1v) is 7.34. The number of nitrogens with one attached hydrogen (secondary N) is 1. The molecule has 0 aliphatic carbocycles. The second kappa shape index (κ2) is 7.98. The Labute approximate surface area is 137 Å². The van der Waals surface area contributed by atoms with Crippen LogP contribution in [0.2, 0.25) is 10.0 Å². The number of ether oxygens (including phenoxy) is 1. The zero-order valence-electron chi connectivity index (χ0n) is 11.6. The summed E-state index contributed by atoms with van der Waals surface area (Å²) in [7, 11) is 0. The first kappa shape index (κ1) is 16.5. The molecule has 116 valence electrons. The van der Waals surface area contributed by atoms with Gasteiger partial charge < -0.3 is 15.2 Å². The van der Waals surface area contributed by atoms with Crippen LogP contribution in [0.1, 0.15) is 16.8 Å². The number of hydrogen-bond donors (Lipinski definition) is 2. The number of aromatic nitrogens is 1. The molecule has 22 heavy (non-hydrogen) atoms. The molecule has 0 saturated heterocycles. The zero-order chi connectivity index (χ0) is 15.9. The van der Waals surface area contributed by atoms with E-state index in [1.807, 2.05) is 0 Å². The number of carbonyl (C=O) groups excluding carboxylic acids is 1. The molecule has 1 amide bonds. The predicted molar refractivity (Wildman–Crippen MR) is 84.8 cm³/mol. The number of hydrogen-bond acceptors (Lipinski definition) is 4. The number of rotatable bonds is 6. The maximum Gasteiger partial charge on any atom is 0.256 e. The highest BCUT2D eigenvalue weighted by atomic mass is 35.5. The molecule has 5 nitrogen and oxygen atoms in total. The van der Waals surface area contributed by atoms with Crippen molar-refractivity contribution in [1.82, 2.24) is 10.3 Å². The summed E-state index contributed by atoms with van der Waals surface area (Å²) in [5, 5.41) is 12.2. The number of nitrogens with zero attached hydrogens (tertiary/aromatic N) is 1. The first-order chi connectivity index (χ1) is 10.6. The van der Waals surface area contributed by atoms with Gasteiger partial charge in [0, 0.05) is 24.4 Å². The number of pyridine rings is 1. The van der Waals surface area contributed by atoms with Gasteiger partial charge in [0.1, 0.15) is 11.3 Å². The van der Waals surface area contributed by atoms with Crippen molar-refractivity contribution in [2.24, 2.45) is 0 Å². The van der Waals surface area contributed by atoms with Crippen LogP contribution in [0.5, 0.6) is 11.6 Å². The molecule has 2 N–H and O–H groups in total. The summed E-state index contributed by atoms with van der Waals surface area (Å²) in [5.74, 6) is 0.170. The van der Waals surface area contributed by atoms with Gasteiger partial charge in [0.05, 0.1) is 5.02 Å². The molecular formula is C15H14Cl2N2O3. The van der Waals surface area contributed by atoms with Gasteiger partial charge in [0.15, 0.2) is 0 Å². The normalized spacial score (nSPS) is 10.3. The summed E-state index contributed by atoms with van der Waals surface area (Å²) < 4.78 is 5.61. The van der Waals surface area contributed by atoms with Gasteiger partial charge in [0.25, 0.3) is 5.91 Å². The summed E-state index contributed by atoms with van der Waals surface area (Å²) in [5.41, 5.74) is 0.284. The van der Waals surface area contributed by atoms with Crippen LogP contribution in [0.15, 0.2) is 36.5 Å². The van der Waals surface area contributed by atoms with Crippen molar-refractivity contribution >= 4 is 29.1 Å². The van der Waals surface area contributed by atoms with Crippen LogP contribution < -0.4 is 10.1 Å². The minimum atomic E-state index is -0.332. The number of benzene rings is 1. The van der Waals surface area contributed by atoms with Crippen molar-refractivity contribution in [2.45, 2.75) is 6.42 Å². The fourth-order valence-electron chi connectivity index (χ4n) is 1.68. The minimum absolute atomic E-state index is 0.0110. The molecule has 0 saturated carbocycles. The van der Waals surface area contributed by atoms with E-state index >= 15 is 0 Å². The highest BCUT2D eigenvalue weighted by molar-refractivity contribution is 6.35. The topological polar surface area (TPSA) is 71.5 Å². The van der Waals surface area contributed by atoms with Gasteiger partial charge in [-0.05, 0) is 36.8 Å². The van der Waals surface area contributed by atoms with Crippen molar-refractivity contribution in [3.05, 3.63) is 52.1 Å². The summed E-state index contributed by atoms with van der Waals surface area (Å²) >= 11 is 11.9. The van der Waals surface area contributed by atoms with E-state index in [0.29, 0.717) is 28.8 Å². The highest BCUT2D eigenvalue weighted by Gasteiger charge is 2.15. The third-order valence-corrected chi connectivity index (χ3v) is 3.27. The van der Waals surface area contributed by atoms with E-state index in [-0.39, 0.29) is 24.0 Å². The molecule has 0 aliphatic heterocycles. The Bertz CT molecular complexity index is 665. The van der Waals surface area contributed by atoms with Crippen molar-refractivity contribution in [1.29, 1.82) is 0 Å². The van der Waals surface area contributed by atoms with E-state index in [0.717, 1.165) is 0 Å². The second-order valence-electron chi connectivity index (χ2n) is 4.37. The van der Waals surface area contributed by atoms with Crippen LogP contribution in [0.25, 0.3) is 0 Å². The highest BCUT2D eigenvalue weighted by Crippen LogP contribution is 2.31. The Balaban J connectivity index is 2.19. The van der Waals surface area contributed by atoms with E-state index in [4.69, 9.17) is 33.0 Å². The van der Waals surface area contributed by atoms with Crippen LogP contribution in [-0.4, -0.2) is 29.1 Å². The standard InChI is InChI=1S/C15H14Cl2N2O3/c16-10-4-5-13(12(17)9-10)22-15-11(3-1-6-19-15)14(21)18-7-2-8-20/h1,3-6,9,20H,2,7-8H2,(H,18,21). The Morgan fingerprint density at radius 2 is 2.14 bits per heavy atom. The lowest BCUT2D eigenvalue weighted by atomic mass is 10.2. The fraction of sp³-hybridized carbons (Fsp3) is 0.200. The van der Waals surface area contributed by atoms with Crippen LogP contribution in [0.3, 0.4) is 0 Å². The monoisotopic (exact) mass is 340 g/mol. The van der Waals surface area contributed by atoms with Gasteiger partial charge in [-0.25, -0.2) is 4.98 Å². The summed E-state index contributed by atoms with van der Waals surface area (Å²) in [4.78, 5) is 16.2. The lowest BCUT2D eigenvalue weighted by Gasteiger charge is -2.11. The Kier molecular flexibility index (Phi) is 6.00. The molecule has 0 bridgehead atoms. The first-order valence-electron chi connectivity index (χ1n) is 6.59. The van der Waals surface area contributed by atoms with Crippen molar-refractivity contribution in [2.75, 3.05) is 13.2 Å². The molecule has 7 heteroatoms. The lowest BCUT2D eigenvalue weighted by molar-refractivity contribution is 0.0948. The Morgan fingerprint density at radius 1 is 1.32 bits per heavy atom. The molecule has 0 unspecified atom stereocenters. The van der Waals surface area contributed by atoms with Crippen LogP contribution in [-0.2, 0) is 0 Å². The zero-order valence-corrected chi connectivity index (χ0v) is 13.1. The molecule has 0 radical (unpaired) electrons. The molecule has 0 spiro atoms. The van der Waals surface area contributed by atoms with Crippen LogP contribution in [0.4, 0.5) is 0 Å². The number of carbonyl (C=O) groups is 1. The third kappa shape index (κ3) is 4.34. The quantitative estimate of drug-likeness (QED) is 0.791. The molecule has 2 aromatic rings. The summed E-state index contributed by atoms with van der Waals surface area (Å²) in [6, 6.07) is 8.01. The lowest BCUT2D eigenvalue weighted by Crippen LogP contribution is -2.25. The van der Waals surface area contributed by atoms with Crippen LogP contribution >= 0.6 is 23.2 Å². The molecule has 0 aliphatic rings. The Morgan fingerprint density at radius 3 is 2.86 bits per heavy atom. The van der Waals surface area contributed by atoms with Crippen molar-refractivity contribution in [3.63, 3.8) is 0 Å². The van der Waals surface area contributed by atoms with E-state index in [1.54, 1.807) is 30.3 Å². The fourth-order valence-corrected chi connectivity index (χ4v) is 2.13. The molecule has 1 heterocycles. The molecule has 2 rings (SSSR count). The van der Waals surface area contributed by atoms with Crippen molar-refractivity contribution in [3.8, 4) is 11.6 Å². The Hall–Kier alpha value is -1.82. The number of amides is 1. The molecule has 1 aromatic carbocycles. The maximum absolute atomic E-state index is 12.1. The summed E-state index contributed by atoms with van der Waals surface area (Å²) in [6.45, 7) is 0.377. The number of halogens is 2. The minimum Gasteiger partial charge on any atom is -0.437 e. The largest absolute Gasteiger partial charge is 0.437 e.